The number of morpholine rings is 1. The van der Waals surface area contributed by atoms with Crippen LogP contribution in [0, 0.1) is 5.82 Å². The summed E-state index contributed by atoms with van der Waals surface area (Å²) in [6.45, 7) is 2.94. The Morgan fingerprint density at radius 1 is 1.35 bits per heavy atom. The van der Waals surface area contributed by atoms with Crippen molar-refractivity contribution in [1.29, 1.82) is 0 Å². The second kappa shape index (κ2) is 6.82. The van der Waals surface area contributed by atoms with Gasteiger partial charge in [0.2, 0.25) is 6.41 Å². The lowest BCUT2D eigenvalue weighted by atomic mass is 10.2. The number of anilines is 2. The van der Waals surface area contributed by atoms with Crippen LogP contribution < -0.4 is 15.1 Å². The molecule has 2 saturated heterocycles. The number of amides is 2. The van der Waals surface area contributed by atoms with Gasteiger partial charge in [-0.15, -0.1) is 0 Å². The average molecular weight is 323 g/mol. The van der Waals surface area contributed by atoms with Gasteiger partial charge in [-0.2, -0.15) is 0 Å². The molecule has 0 radical (unpaired) electrons. The van der Waals surface area contributed by atoms with Crippen molar-refractivity contribution in [1.82, 2.24) is 5.32 Å². The van der Waals surface area contributed by atoms with E-state index in [9.17, 15) is 14.0 Å². The van der Waals surface area contributed by atoms with Crippen LogP contribution >= 0.6 is 0 Å². The van der Waals surface area contributed by atoms with Crippen molar-refractivity contribution in [3.63, 3.8) is 0 Å². The highest BCUT2D eigenvalue weighted by atomic mass is 19.1. The Hall–Kier alpha value is -2.35. The van der Waals surface area contributed by atoms with Crippen LogP contribution in [0.2, 0.25) is 0 Å². The van der Waals surface area contributed by atoms with E-state index in [0.717, 1.165) is 0 Å². The molecular weight excluding hydrogens is 305 g/mol. The molecule has 0 unspecified atom stereocenters. The van der Waals surface area contributed by atoms with Crippen molar-refractivity contribution in [2.24, 2.45) is 0 Å². The number of halogens is 1. The number of rotatable bonds is 5. The minimum absolute atomic E-state index is 0.236. The second-order valence-electron chi connectivity index (χ2n) is 5.38. The van der Waals surface area contributed by atoms with Crippen molar-refractivity contribution in [3.8, 4) is 0 Å². The second-order valence-corrected chi connectivity index (χ2v) is 5.38. The summed E-state index contributed by atoms with van der Waals surface area (Å²) in [5, 5.41) is 2.47. The van der Waals surface area contributed by atoms with E-state index in [1.807, 2.05) is 4.90 Å². The van der Waals surface area contributed by atoms with Crippen molar-refractivity contribution < 1.29 is 23.5 Å². The molecule has 3 rings (SSSR count). The summed E-state index contributed by atoms with van der Waals surface area (Å²) in [4.78, 5) is 25.5. The molecule has 8 heteroatoms. The molecular formula is C15H18FN3O4. The van der Waals surface area contributed by atoms with Gasteiger partial charge in [0, 0.05) is 13.1 Å². The highest BCUT2D eigenvalue weighted by Gasteiger charge is 2.32. The number of carbonyl (C=O) groups is 2. The summed E-state index contributed by atoms with van der Waals surface area (Å²) in [5.41, 5.74) is 0.946. The molecule has 1 aromatic rings. The molecule has 2 aliphatic rings. The lowest BCUT2D eigenvalue weighted by molar-refractivity contribution is -0.109. The van der Waals surface area contributed by atoms with Crippen molar-refractivity contribution in [2.75, 3.05) is 49.2 Å². The van der Waals surface area contributed by atoms with Gasteiger partial charge in [0.15, 0.2) is 0 Å². The predicted octanol–water partition coefficient (Wildman–Crippen LogP) is 0.733. The normalized spacial score (nSPS) is 21.3. The van der Waals surface area contributed by atoms with E-state index < -0.39 is 12.2 Å². The summed E-state index contributed by atoms with van der Waals surface area (Å²) < 4.78 is 24.8. The third-order valence-corrected chi connectivity index (χ3v) is 3.90. The zero-order chi connectivity index (χ0) is 16.2. The first-order valence-corrected chi connectivity index (χ1v) is 7.46. The molecule has 0 spiro atoms. The van der Waals surface area contributed by atoms with Gasteiger partial charge < -0.3 is 19.7 Å². The van der Waals surface area contributed by atoms with Crippen molar-refractivity contribution in [2.45, 2.75) is 6.10 Å². The monoisotopic (exact) mass is 323 g/mol. The Labute approximate surface area is 132 Å². The van der Waals surface area contributed by atoms with E-state index in [2.05, 4.69) is 5.32 Å². The van der Waals surface area contributed by atoms with E-state index in [1.54, 1.807) is 12.1 Å². The summed E-state index contributed by atoms with van der Waals surface area (Å²) >= 11 is 0. The molecule has 2 aliphatic heterocycles. The lowest BCUT2D eigenvalue weighted by Gasteiger charge is -2.29. The molecule has 1 aromatic carbocycles. The van der Waals surface area contributed by atoms with Crippen LogP contribution in [0.1, 0.15) is 0 Å². The summed E-state index contributed by atoms with van der Waals surface area (Å²) in [7, 11) is 0. The molecule has 7 nitrogen and oxygen atoms in total. The Bertz CT molecular complexity index is 592. The SMILES string of the molecule is O=CNC[C@H]1CN(c2ccc(N3CCOCC3)c(F)c2)C(=O)O1. The van der Waals surface area contributed by atoms with E-state index >= 15 is 0 Å². The van der Waals surface area contributed by atoms with Crippen LogP contribution in [-0.2, 0) is 14.3 Å². The van der Waals surface area contributed by atoms with Gasteiger partial charge in [-0.05, 0) is 18.2 Å². The third-order valence-electron chi connectivity index (χ3n) is 3.90. The average Bonchev–Trinajstić information content (AvgIpc) is 2.94. The Balaban J connectivity index is 1.72. The predicted molar refractivity (Wildman–Crippen MR) is 81.1 cm³/mol. The smallest absolute Gasteiger partial charge is 0.414 e. The molecule has 23 heavy (non-hydrogen) atoms. The first-order chi connectivity index (χ1) is 11.2. The molecule has 2 fully saturated rings. The highest BCUT2D eigenvalue weighted by molar-refractivity contribution is 5.90. The van der Waals surface area contributed by atoms with Crippen LogP contribution in [0.25, 0.3) is 0 Å². The third kappa shape index (κ3) is 3.37. The zero-order valence-corrected chi connectivity index (χ0v) is 12.5. The molecule has 124 valence electrons. The standard InChI is InChI=1S/C15H18FN3O4/c16-13-7-11(1-2-14(13)18-3-5-22-6-4-18)19-9-12(8-17-10-20)23-15(19)21/h1-2,7,10,12H,3-6,8-9H2,(H,17,20)/t12-/m0/s1. The van der Waals surface area contributed by atoms with E-state index in [0.29, 0.717) is 44.1 Å². The number of ether oxygens (including phenoxy) is 2. The van der Waals surface area contributed by atoms with E-state index in [4.69, 9.17) is 9.47 Å². The fourth-order valence-electron chi connectivity index (χ4n) is 2.74. The molecule has 0 aromatic heterocycles. The number of hydrogen-bond acceptors (Lipinski definition) is 5. The number of nitrogens with one attached hydrogen (secondary N) is 1. The fraction of sp³-hybridized carbons (Fsp3) is 0.467. The molecule has 0 aliphatic carbocycles. The van der Waals surface area contributed by atoms with Gasteiger partial charge >= 0.3 is 6.09 Å². The van der Waals surface area contributed by atoms with Gasteiger partial charge in [-0.25, -0.2) is 9.18 Å². The highest BCUT2D eigenvalue weighted by Crippen LogP contribution is 2.28. The maximum Gasteiger partial charge on any atom is 0.414 e. The number of benzene rings is 1. The molecule has 0 saturated carbocycles. The molecule has 0 bridgehead atoms. The van der Waals surface area contributed by atoms with Gasteiger partial charge in [0.25, 0.3) is 0 Å². The van der Waals surface area contributed by atoms with Gasteiger partial charge in [0.05, 0.1) is 37.7 Å². The quantitative estimate of drug-likeness (QED) is 0.809. The topological polar surface area (TPSA) is 71.1 Å². The lowest BCUT2D eigenvalue weighted by Crippen LogP contribution is -2.36. The molecule has 2 amide bonds. The van der Waals surface area contributed by atoms with Crippen LogP contribution in [0.4, 0.5) is 20.6 Å². The molecule has 1 atom stereocenters. The van der Waals surface area contributed by atoms with Crippen LogP contribution in [0.5, 0.6) is 0 Å². The van der Waals surface area contributed by atoms with Crippen LogP contribution in [0.3, 0.4) is 0 Å². The van der Waals surface area contributed by atoms with Gasteiger partial charge in [0.1, 0.15) is 11.9 Å². The van der Waals surface area contributed by atoms with Crippen molar-refractivity contribution >= 4 is 23.9 Å². The number of nitrogens with zero attached hydrogens (tertiary/aromatic N) is 2. The molecule has 2 heterocycles. The minimum Gasteiger partial charge on any atom is -0.442 e. The first kappa shape index (κ1) is 15.5. The zero-order valence-electron chi connectivity index (χ0n) is 12.5. The Morgan fingerprint density at radius 2 is 2.13 bits per heavy atom. The van der Waals surface area contributed by atoms with Crippen molar-refractivity contribution in [3.05, 3.63) is 24.0 Å². The molecule has 1 N–H and O–H groups in total. The summed E-state index contributed by atoms with van der Waals surface area (Å²) in [6.07, 6.45) is -0.427. The summed E-state index contributed by atoms with van der Waals surface area (Å²) in [5.74, 6) is -0.383. The number of carbonyl (C=O) groups excluding carboxylic acids is 2. The number of cyclic esters (lactones) is 1. The largest absolute Gasteiger partial charge is 0.442 e. The Kier molecular flexibility index (Phi) is 4.61. The van der Waals surface area contributed by atoms with Gasteiger partial charge in [-0.3, -0.25) is 9.69 Å². The fourth-order valence-corrected chi connectivity index (χ4v) is 2.74. The number of hydrogen-bond donors (Lipinski definition) is 1. The van der Waals surface area contributed by atoms with Gasteiger partial charge in [-0.1, -0.05) is 0 Å². The van der Waals surface area contributed by atoms with Crippen LogP contribution in [-0.4, -0.2) is 58.0 Å². The first-order valence-electron chi connectivity index (χ1n) is 7.46. The maximum atomic E-state index is 14.4. The van der Waals surface area contributed by atoms with Crippen LogP contribution in [0.15, 0.2) is 18.2 Å². The minimum atomic E-state index is -0.541. The van der Waals surface area contributed by atoms with E-state index in [1.165, 1.54) is 11.0 Å². The maximum absolute atomic E-state index is 14.4. The van der Waals surface area contributed by atoms with E-state index in [-0.39, 0.29) is 18.9 Å². The summed E-state index contributed by atoms with van der Waals surface area (Å²) in [6, 6.07) is 4.70. The Morgan fingerprint density at radius 3 is 2.83 bits per heavy atom.